The van der Waals surface area contributed by atoms with Gasteiger partial charge in [0.05, 0.1) is 12.0 Å². The van der Waals surface area contributed by atoms with E-state index < -0.39 is 0 Å². The quantitative estimate of drug-likeness (QED) is 0.219. The van der Waals surface area contributed by atoms with Gasteiger partial charge in [-0.2, -0.15) is 5.10 Å². The molecular formula is C23H27N5O2S3. The minimum atomic E-state index is -0.250. The van der Waals surface area contributed by atoms with Gasteiger partial charge in [-0.1, -0.05) is 64.7 Å². The fourth-order valence-electron chi connectivity index (χ4n) is 2.90. The molecule has 0 aliphatic rings. The van der Waals surface area contributed by atoms with Crippen LogP contribution in [0.4, 0.5) is 5.69 Å². The van der Waals surface area contributed by atoms with E-state index in [4.69, 9.17) is 0 Å². The summed E-state index contributed by atoms with van der Waals surface area (Å²) < 4.78 is 1.62. The molecule has 174 valence electrons. The number of hydrogen-bond acceptors (Lipinski definition) is 9. The summed E-state index contributed by atoms with van der Waals surface area (Å²) in [6, 6.07) is 13.8. The molecule has 3 aromatic rings. The minimum Gasteiger partial charge on any atom is -0.507 e. The van der Waals surface area contributed by atoms with Crippen molar-refractivity contribution in [2.75, 3.05) is 23.7 Å². The van der Waals surface area contributed by atoms with Crippen LogP contribution in [0.25, 0.3) is 0 Å². The monoisotopic (exact) mass is 501 g/mol. The highest BCUT2D eigenvalue weighted by atomic mass is 32.2. The van der Waals surface area contributed by atoms with Crippen molar-refractivity contribution in [3.05, 3.63) is 59.2 Å². The number of phenolic OH excluding ortho intramolecular Hbond substituents is 1. The molecule has 1 heterocycles. The van der Waals surface area contributed by atoms with Crippen molar-refractivity contribution in [2.45, 2.75) is 35.2 Å². The van der Waals surface area contributed by atoms with E-state index in [1.54, 1.807) is 23.9 Å². The molecule has 0 spiro atoms. The molecule has 33 heavy (non-hydrogen) atoms. The predicted molar refractivity (Wildman–Crippen MR) is 139 cm³/mol. The number of hydrogen-bond donors (Lipinski definition) is 2. The Labute approximate surface area is 206 Å². The molecule has 0 radical (unpaired) electrons. The molecule has 1 aromatic heterocycles. The van der Waals surface area contributed by atoms with Gasteiger partial charge in [0.2, 0.25) is 0 Å². The van der Waals surface area contributed by atoms with Crippen molar-refractivity contribution in [3.63, 3.8) is 0 Å². The number of benzene rings is 2. The zero-order valence-electron chi connectivity index (χ0n) is 18.8. The summed E-state index contributed by atoms with van der Waals surface area (Å²) in [6.07, 6.45) is 1.44. The standard InChI is InChI=1S/C23H27N5O2S3/c1-4-28(5-2)19-11-10-18(20(29)12-19)13-24-25-21(30)15-32-23-27-26-22(33-23)31-14-17-8-6-16(3)7-9-17/h6-13,29H,4-5,14-15H2,1-3H3,(H,25,30)/b24-13+. The Kier molecular flexibility index (Phi) is 9.59. The summed E-state index contributed by atoms with van der Waals surface area (Å²) in [4.78, 5) is 14.2. The Hall–Kier alpha value is -2.56. The lowest BCUT2D eigenvalue weighted by molar-refractivity contribution is -0.118. The van der Waals surface area contributed by atoms with Crippen LogP contribution in [0, 0.1) is 6.92 Å². The Balaban J connectivity index is 1.43. The molecular weight excluding hydrogens is 474 g/mol. The van der Waals surface area contributed by atoms with E-state index in [1.807, 2.05) is 6.07 Å². The van der Waals surface area contributed by atoms with Crippen molar-refractivity contribution < 1.29 is 9.90 Å². The number of phenols is 1. The van der Waals surface area contributed by atoms with Crippen LogP contribution < -0.4 is 10.3 Å². The summed E-state index contributed by atoms with van der Waals surface area (Å²) in [5.74, 6) is 0.884. The van der Waals surface area contributed by atoms with Crippen LogP contribution in [0.15, 0.2) is 56.2 Å². The zero-order valence-corrected chi connectivity index (χ0v) is 21.3. The zero-order chi connectivity index (χ0) is 23.6. The normalized spacial score (nSPS) is 11.1. The molecule has 0 fully saturated rings. The number of anilines is 1. The highest BCUT2D eigenvalue weighted by Gasteiger charge is 2.09. The number of aromatic nitrogens is 2. The van der Waals surface area contributed by atoms with Gasteiger partial charge in [0, 0.05) is 36.2 Å². The van der Waals surface area contributed by atoms with E-state index >= 15 is 0 Å². The van der Waals surface area contributed by atoms with Crippen LogP contribution in [-0.4, -0.2) is 46.3 Å². The third-order valence-electron chi connectivity index (χ3n) is 4.73. The Morgan fingerprint density at radius 3 is 2.48 bits per heavy atom. The molecule has 0 saturated heterocycles. The van der Waals surface area contributed by atoms with Gasteiger partial charge < -0.3 is 10.0 Å². The van der Waals surface area contributed by atoms with Crippen molar-refractivity contribution >= 4 is 52.7 Å². The highest BCUT2D eigenvalue weighted by Crippen LogP contribution is 2.30. The fourth-order valence-corrected chi connectivity index (χ4v) is 5.67. The topological polar surface area (TPSA) is 90.7 Å². The van der Waals surface area contributed by atoms with Crippen molar-refractivity contribution in [3.8, 4) is 5.75 Å². The van der Waals surface area contributed by atoms with E-state index in [2.05, 4.69) is 70.7 Å². The number of carbonyl (C=O) groups is 1. The molecule has 0 unspecified atom stereocenters. The number of nitrogens with zero attached hydrogens (tertiary/aromatic N) is 4. The summed E-state index contributed by atoms with van der Waals surface area (Å²) in [5.41, 5.74) is 6.45. The van der Waals surface area contributed by atoms with Gasteiger partial charge in [0.1, 0.15) is 5.75 Å². The summed E-state index contributed by atoms with van der Waals surface area (Å²) >= 11 is 4.43. The van der Waals surface area contributed by atoms with E-state index in [0.29, 0.717) is 5.56 Å². The first kappa shape index (κ1) is 25.1. The lowest BCUT2D eigenvalue weighted by Gasteiger charge is -2.21. The number of hydrazone groups is 1. The molecule has 0 saturated carbocycles. The van der Waals surface area contributed by atoms with Crippen LogP contribution in [0.5, 0.6) is 5.75 Å². The molecule has 0 aliphatic carbocycles. The molecule has 7 nitrogen and oxygen atoms in total. The molecule has 0 atom stereocenters. The molecule has 0 bridgehead atoms. The minimum absolute atomic E-state index is 0.122. The number of thioether (sulfide) groups is 2. The average molecular weight is 502 g/mol. The maximum atomic E-state index is 12.1. The average Bonchev–Trinajstić information content (AvgIpc) is 3.27. The SMILES string of the molecule is CCN(CC)c1ccc(/C=N/NC(=O)CSc2nnc(SCc3ccc(C)cc3)s2)c(O)c1. The second-order valence-electron chi connectivity index (χ2n) is 7.11. The van der Waals surface area contributed by atoms with Crippen LogP contribution in [-0.2, 0) is 10.5 Å². The van der Waals surface area contributed by atoms with Crippen molar-refractivity contribution in [2.24, 2.45) is 5.10 Å². The van der Waals surface area contributed by atoms with Crippen LogP contribution in [0.1, 0.15) is 30.5 Å². The van der Waals surface area contributed by atoms with Crippen molar-refractivity contribution in [1.29, 1.82) is 0 Å². The van der Waals surface area contributed by atoms with E-state index in [9.17, 15) is 9.90 Å². The molecule has 2 N–H and O–H groups in total. The molecule has 2 aromatic carbocycles. The van der Waals surface area contributed by atoms with Gasteiger partial charge in [0.25, 0.3) is 5.91 Å². The highest BCUT2D eigenvalue weighted by molar-refractivity contribution is 8.03. The van der Waals surface area contributed by atoms with E-state index in [0.717, 1.165) is 33.2 Å². The molecule has 10 heteroatoms. The second kappa shape index (κ2) is 12.6. The summed E-state index contributed by atoms with van der Waals surface area (Å²) in [7, 11) is 0. The van der Waals surface area contributed by atoms with Gasteiger partial charge in [-0.25, -0.2) is 5.43 Å². The number of amides is 1. The third-order valence-corrected chi connectivity index (χ3v) is 7.99. The van der Waals surface area contributed by atoms with E-state index in [-0.39, 0.29) is 17.4 Å². The first-order valence-electron chi connectivity index (χ1n) is 10.5. The molecule has 0 aliphatic heterocycles. The predicted octanol–water partition coefficient (Wildman–Crippen LogP) is 4.93. The number of nitrogens with one attached hydrogen (secondary N) is 1. The lowest BCUT2D eigenvalue weighted by atomic mass is 10.2. The first-order chi connectivity index (χ1) is 16.0. The smallest absolute Gasteiger partial charge is 0.250 e. The molecule has 1 amide bonds. The number of carbonyl (C=O) groups excluding carboxylic acids is 1. The summed E-state index contributed by atoms with van der Waals surface area (Å²) in [5, 5.41) is 22.5. The van der Waals surface area contributed by atoms with Crippen molar-refractivity contribution in [1.82, 2.24) is 15.6 Å². The van der Waals surface area contributed by atoms with Crippen LogP contribution >= 0.6 is 34.9 Å². The van der Waals surface area contributed by atoms with Crippen LogP contribution in [0.3, 0.4) is 0 Å². The fraction of sp³-hybridized carbons (Fsp3) is 0.304. The second-order valence-corrected chi connectivity index (χ2v) is 10.5. The number of rotatable bonds is 11. The first-order valence-corrected chi connectivity index (χ1v) is 13.3. The lowest BCUT2D eigenvalue weighted by Crippen LogP contribution is -2.21. The third kappa shape index (κ3) is 7.76. The van der Waals surface area contributed by atoms with Gasteiger partial charge in [-0.05, 0) is 38.5 Å². The molecule has 3 rings (SSSR count). The van der Waals surface area contributed by atoms with Gasteiger partial charge >= 0.3 is 0 Å². The number of aromatic hydroxyl groups is 1. The van der Waals surface area contributed by atoms with E-state index in [1.165, 1.54) is 40.4 Å². The Bertz CT molecular complexity index is 1080. The Morgan fingerprint density at radius 1 is 1.12 bits per heavy atom. The van der Waals surface area contributed by atoms with Gasteiger partial charge in [-0.3, -0.25) is 4.79 Å². The number of aryl methyl sites for hydroxylation is 1. The Morgan fingerprint density at radius 2 is 1.82 bits per heavy atom. The van der Waals surface area contributed by atoms with Crippen LogP contribution in [0.2, 0.25) is 0 Å². The summed E-state index contributed by atoms with van der Waals surface area (Å²) in [6.45, 7) is 7.92. The maximum Gasteiger partial charge on any atom is 0.250 e. The van der Waals surface area contributed by atoms with Gasteiger partial charge in [0.15, 0.2) is 8.68 Å². The van der Waals surface area contributed by atoms with Gasteiger partial charge in [-0.15, -0.1) is 10.2 Å². The maximum absolute atomic E-state index is 12.1. The largest absolute Gasteiger partial charge is 0.507 e.